The predicted octanol–water partition coefficient (Wildman–Crippen LogP) is 1.76. The summed E-state index contributed by atoms with van der Waals surface area (Å²) in [6.45, 7) is 10.4. The van der Waals surface area contributed by atoms with Crippen molar-refractivity contribution in [2.75, 3.05) is 6.54 Å². The summed E-state index contributed by atoms with van der Waals surface area (Å²) < 4.78 is 4.61. The molecule has 4 heteroatoms. The Morgan fingerprint density at radius 3 is 2.50 bits per heavy atom. The second kappa shape index (κ2) is 5.10. The van der Waals surface area contributed by atoms with Crippen LogP contribution >= 0.6 is 0 Å². The topological polar surface area (TPSA) is 51.0 Å². The molecule has 1 aromatic heterocycles. The van der Waals surface area contributed by atoms with E-state index in [0.717, 1.165) is 24.5 Å². The summed E-state index contributed by atoms with van der Waals surface area (Å²) in [6, 6.07) is 0. The minimum Gasteiger partial charge on any atom is -0.311 e. The van der Waals surface area contributed by atoms with Crippen molar-refractivity contribution in [3.63, 3.8) is 0 Å². The first-order valence-electron chi connectivity index (χ1n) is 5.10. The third kappa shape index (κ3) is 3.10. The van der Waals surface area contributed by atoms with Crippen LogP contribution in [0.5, 0.6) is 0 Å². The van der Waals surface area contributed by atoms with Gasteiger partial charge in [-0.2, -0.15) is 0 Å². The fourth-order valence-electron chi connectivity index (χ4n) is 1.06. The van der Waals surface area contributed by atoms with E-state index in [-0.39, 0.29) is 0 Å². The number of hydrogen-bond acceptors (Lipinski definition) is 4. The van der Waals surface area contributed by atoms with E-state index in [9.17, 15) is 0 Å². The van der Waals surface area contributed by atoms with E-state index in [1.807, 2.05) is 6.92 Å². The maximum absolute atomic E-state index is 4.61. The van der Waals surface area contributed by atoms with Gasteiger partial charge in [0.05, 0.1) is 0 Å². The zero-order valence-electron chi connectivity index (χ0n) is 9.37. The van der Waals surface area contributed by atoms with Crippen molar-refractivity contribution in [3.8, 4) is 0 Å². The Labute approximate surface area is 85.0 Å². The van der Waals surface area contributed by atoms with Crippen molar-refractivity contribution >= 4 is 0 Å². The van der Waals surface area contributed by atoms with E-state index in [0.29, 0.717) is 11.8 Å². The number of aryl methyl sites for hydroxylation is 1. The molecule has 0 spiro atoms. The molecule has 1 atom stereocenters. The average Bonchev–Trinajstić information content (AvgIpc) is 2.51. The molecular weight excluding hydrogens is 178 g/mol. The maximum Gasteiger partial charge on any atom is 0.121 e. The molecule has 80 valence electrons. The third-order valence-electron chi connectivity index (χ3n) is 2.64. The lowest BCUT2D eigenvalue weighted by atomic mass is 9.98. The number of rotatable bonds is 5. The van der Waals surface area contributed by atoms with Crippen LogP contribution in [0.15, 0.2) is 4.63 Å². The van der Waals surface area contributed by atoms with Crippen LogP contribution in [0.1, 0.15) is 32.2 Å². The van der Waals surface area contributed by atoms with Crippen LogP contribution in [-0.4, -0.2) is 16.9 Å². The Hall–Kier alpha value is -0.900. The van der Waals surface area contributed by atoms with E-state index in [1.165, 1.54) is 0 Å². The molecule has 14 heavy (non-hydrogen) atoms. The van der Waals surface area contributed by atoms with Gasteiger partial charge in [-0.15, -0.1) is 0 Å². The highest BCUT2D eigenvalue weighted by Gasteiger charge is 2.08. The molecule has 1 N–H and O–H groups in total. The smallest absolute Gasteiger partial charge is 0.121 e. The highest BCUT2D eigenvalue weighted by atomic mass is 16.6. The van der Waals surface area contributed by atoms with E-state index in [1.54, 1.807) is 0 Å². The van der Waals surface area contributed by atoms with Crippen molar-refractivity contribution < 1.29 is 4.63 Å². The van der Waals surface area contributed by atoms with E-state index in [4.69, 9.17) is 0 Å². The molecule has 1 rings (SSSR count). The first kappa shape index (κ1) is 11.2. The van der Waals surface area contributed by atoms with Crippen molar-refractivity contribution in [3.05, 3.63) is 11.4 Å². The summed E-state index contributed by atoms with van der Waals surface area (Å²) in [4.78, 5) is 0. The molecule has 4 nitrogen and oxygen atoms in total. The molecular formula is C10H19N3O. The molecule has 0 aliphatic rings. The molecule has 0 bridgehead atoms. The zero-order valence-corrected chi connectivity index (χ0v) is 9.37. The SMILES string of the molecule is Cc1nonc1CNCC(C)C(C)C. The number of hydrogen-bond donors (Lipinski definition) is 1. The quantitative estimate of drug-likeness (QED) is 0.781. The Morgan fingerprint density at radius 1 is 1.29 bits per heavy atom. The summed E-state index contributed by atoms with van der Waals surface area (Å²) in [5, 5.41) is 10.9. The molecule has 1 heterocycles. The van der Waals surface area contributed by atoms with Crippen LogP contribution < -0.4 is 5.32 Å². The van der Waals surface area contributed by atoms with Gasteiger partial charge in [0.2, 0.25) is 0 Å². The van der Waals surface area contributed by atoms with E-state index >= 15 is 0 Å². The Morgan fingerprint density at radius 2 is 2.00 bits per heavy atom. The van der Waals surface area contributed by atoms with Gasteiger partial charge < -0.3 is 5.32 Å². The van der Waals surface area contributed by atoms with Gasteiger partial charge in [-0.25, -0.2) is 4.63 Å². The second-order valence-corrected chi connectivity index (χ2v) is 4.15. The fraction of sp³-hybridized carbons (Fsp3) is 0.800. The summed E-state index contributed by atoms with van der Waals surface area (Å²) in [6.07, 6.45) is 0. The summed E-state index contributed by atoms with van der Waals surface area (Å²) >= 11 is 0. The lowest BCUT2D eigenvalue weighted by Crippen LogP contribution is -2.24. The van der Waals surface area contributed by atoms with E-state index in [2.05, 4.69) is 41.0 Å². The Kier molecular flexibility index (Phi) is 4.07. The minimum atomic E-state index is 0.676. The second-order valence-electron chi connectivity index (χ2n) is 4.15. The monoisotopic (exact) mass is 197 g/mol. The van der Waals surface area contributed by atoms with Gasteiger partial charge >= 0.3 is 0 Å². The Balaban J connectivity index is 2.25. The Bertz CT molecular complexity index is 270. The van der Waals surface area contributed by atoms with Crippen LogP contribution in [0.2, 0.25) is 0 Å². The molecule has 0 aliphatic carbocycles. The van der Waals surface area contributed by atoms with Crippen LogP contribution in [0.25, 0.3) is 0 Å². The zero-order chi connectivity index (χ0) is 10.6. The standard InChI is InChI=1S/C10H19N3O/c1-7(2)8(3)5-11-6-10-9(4)12-14-13-10/h7-8,11H,5-6H2,1-4H3. The van der Waals surface area contributed by atoms with Crippen LogP contribution in [0.4, 0.5) is 0 Å². The maximum atomic E-state index is 4.61. The van der Waals surface area contributed by atoms with E-state index < -0.39 is 0 Å². The molecule has 0 amide bonds. The average molecular weight is 197 g/mol. The van der Waals surface area contributed by atoms with Gasteiger partial charge in [-0.05, 0) is 25.3 Å². The minimum absolute atomic E-state index is 0.676. The number of nitrogens with zero attached hydrogens (tertiary/aromatic N) is 2. The molecule has 0 aliphatic heterocycles. The first-order chi connectivity index (χ1) is 6.61. The fourth-order valence-corrected chi connectivity index (χ4v) is 1.06. The van der Waals surface area contributed by atoms with Gasteiger partial charge in [-0.3, -0.25) is 0 Å². The van der Waals surface area contributed by atoms with Crippen molar-refractivity contribution in [1.82, 2.24) is 15.6 Å². The molecule has 1 aromatic rings. The molecule has 0 fully saturated rings. The normalized spacial score (nSPS) is 13.5. The van der Waals surface area contributed by atoms with Gasteiger partial charge in [0.1, 0.15) is 11.4 Å². The highest BCUT2D eigenvalue weighted by Crippen LogP contribution is 2.08. The summed E-state index contributed by atoms with van der Waals surface area (Å²) in [5.74, 6) is 1.38. The van der Waals surface area contributed by atoms with Crippen LogP contribution in [0.3, 0.4) is 0 Å². The van der Waals surface area contributed by atoms with Crippen LogP contribution in [-0.2, 0) is 6.54 Å². The van der Waals surface area contributed by atoms with Gasteiger partial charge in [0.25, 0.3) is 0 Å². The van der Waals surface area contributed by atoms with Crippen LogP contribution in [0, 0.1) is 18.8 Å². The number of aromatic nitrogens is 2. The summed E-state index contributed by atoms with van der Waals surface area (Å²) in [5.41, 5.74) is 1.77. The predicted molar refractivity (Wildman–Crippen MR) is 54.7 cm³/mol. The molecule has 0 aromatic carbocycles. The van der Waals surface area contributed by atoms with Crippen molar-refractivity contribution in [1.29, 1.82) is 0 Å². The molecule has 0 radical (unpaired) electrons. The highest BCUT2D eigenvalue weighted by molar-refractivity contribution is 5.03. The largest absolute Gasteiger partial charge is 0.311 e. The van der Waals surface area contributed by atoms with Crippen molar-refractivity contribution in [2.24, 2.45) is 11.8 Å². The lowest BCUT2D eigenvalue weighted by molar-refractivity contribution is 0.299. The van der Waals surface area contributed by atoms with Gasteiger partial charge in [0.15, 0.2) is 0 Å². The lowest BCUT2D eigenvalue weighted by Gasteiger charge is -2.15. The van der Waals surface area contributed by atoms with Gasteiger partial charge in [-0.1, -0.05) is 31.1 Å². The number of nitrogens with one attached hydrogen (secondary N) is 1. The summed E-state index contributed by atoms with van der Waals surface area (Å²) in [7, 11) is 0. The first-order valence-corrected chi connectivity index (χ1v) is 5.10. The third-order valence-corrected chi connectivity index (χ3v) is 2.64. The van der Waals surface area contributed by atoms with Gasteiger partial charge in [0, 0.05) is 6.54 Å². The van der Waals surface area contributed by atoms with Crippen molar-refractivity contribution in [2.45, 2.75) is 34.2 Å². The molecule has 0 saturated carbocycles. The molecule has 1 unspecified atom stereocenters. The molecule has 0 saturated heterocycles.